The number of aliphatic carboxylic acids is 2. The molecular formula is C27H31N5O7. The van der Waals surface area contributed by atoms with Crippen LogP contribution in [0.15, 0.2) is 60.8 Å². The number of para-hydroxylation sites is 1. The predicted octanol–water partition coefficient (Wildman–Crippen LogP) is 0.316. The van der Waals surface area contributed by atoms with Gasteiger partial charge in [-0.05, 0) is 30.0 Å². The first-order valence-corrected chi connectivity index (χ1v) is 12.3. The Morgan fingerprint density at radius 3 is 2.23 bits per heavy atom. The van der Waals surface area contributed by atoms with E-state index >= 15 is 0 Å². The molecule has 206 valence electrons. The summed E-state index contributed by atoms with van der Waals surface area (Å²) >= 11 is 0. The van der Waals surface area contributed by atoms with Gasteiger partial charge in [0.25, 0.3) is 0 Å². The zero-order chi connectivity index (χ0) is 28.4. The lowest BCUT2D eigenvalue weighted by atomic mass is 10.0. The van der Waals surface area contributed by atoms with Crippen molar-refractivity contribution < 1.29 is 34.2 Å². The van der Waals surface area contributed by atoms with Crippen molar-refractivity contribution in [2.75, 3.05) is 6.54 Å². The molecule has 3 unspecified atom stereocenters. The Hall–Kier alpha value is -4.71. The van der Waals surface area contributed by atoms with Crippen molar-refractivity contribution in [1.82, 2.24) is 20.9 Å². The van der Waals surface area contributed by atoms with Gasteiger partial charge in [0.1, 0.15) is 12.1 Å². The molecule has 8 N–H and O–H groups in total. The van der Waals surface area contributed by atoms with E-state index in [4.69, 9.17) is 10.8 Å². The fourth-order valence-electron chi connectivity index (χ4n) is 4.03. The molecule has 3 aromatic rings. The first-order valence-electron chi connectivity index (χ1n) is 12.3. The molecule has 3 atom stereocenters. The van der Waals surface area contributed by atoms with Gasteiger partial charge in [-0.25, -0.2) is 4.79 Å². The van der Waals surface area contributed by atoms with Crippen molar-refractivity contribution >= 4 is 40.6 Å². The SMILES string of the molecule is NC(Cc1c[nH]c2ccccc12)C(=O)NCC(=O)NC(CCC(=O)O)C(=O)NC(Cc1ccccc1)C(=O)O. The van der Waals surface area contributed by atoms with Crippen molar-refractivity contribution in [2.45, 2.75) is 43.8 Å². The highest BCUT2D eigenvalue weighted by atomic mass is 16.4. The number of carboxylic acid groups (broad SMARTS) is 2. The van der Waals surface area contributed by atoms with Gasteiger partial charge < -0.3 is 36.9 Å². The van der Waals surface area contributed by atoms with Gasteiger partial charge in [0.2, 0.25) is 17.7 Å². The lowest BCUT2D eigenvalue weighted by Crippen LogP contribution is -2.54. The van der Waals surface area contributed by atoms with E-state index in [1.165, 1.54) is 0 Å². The first kappa shape index (κ1) is 28.9. The Kier molecular flexibility index (Phi) is 10.2. The molecule has 0 aliphatic heterocycles. The molecule has 0 aliphatic carbocycles. The van der Waals surface area contributed by atoms with Gasteiger partial charge in [-0.1, -0.05) is 48.5 Å². The van der Waals surface area contributed by atoms with Crippen LogP contribution in [-0.2, 0) is 36.8 Å². The molecule has 0 fully saturated rings. The maximum atomic E-state index is 12.8. The number of carboxylic acids is 2. The highest BCUT2D eigenvalue weighted by Crippen LogP contribution is 2.18. The number of nitrogens with two attached hydrogens (primary N) is 1. The number of H-pyrrole nitrogens is 1. The minimum atomic E-state index is -1.33. The van der Waals surface area contributed by atoms with Crippen LogP contribution in [0.4, 0.5) is 0 Å². The van der Waals surface area contributed by atoms with E-state index in [2.05, 4.69) is 20.9 Å². The molecule has 1 heterocycles. The number of aromatic amines is 1. The van der Waals surface area contributed by atoms with Gasteiger partial charge in [-0.15, -0.1) is 0 Å². The number of hydrogen-bond donors (Lipinski definition) is 7. The van der Waals surface area contributed by atoms with Crippen LogP contribution in [0.2, 0.25) is 0 Å². The second kappa shape index (κ2) is 13.7. The fourth-order valence-corrected chi connectivity index (χ4v) is 4.03. The molecule has 0 aliphatic rings. The average molecular weight is 538 g/mol. The number of carbonyl (C=O) groups excluding carboxylic acids is 3. The van der Waals surface area contributed by atoms with Crippen LogP contribution in [0.5, 0.6) is 0 Å². The van der Waals surface area contributed by atoms with Gasteiger partial charge in [0.05, 0.1) is 12.6 Å². The number of amides is 3. The summed E-state index contributed by atoms with van der Waals surface area (Å²) in [4.78, 5) is 63.7. The number of nitrogens with one attached hydrogen (secondary N) is 4. The smallest absolute Gasteiger partial charge is 0.326 e. The normalized spacial score (nSPS) is 13.2. The highest BCUT2D eigenvalue weighted by Gasteiger charge is 2.27. The highest BCUT2D eigenvalue weighted by molar-refractivity contribution is 5.93. The Balaban J connectivity index is 1.56. The van der Waals surface area contributed by atoms with Gasteiger partial charge in [0.15, 0.2) is 0 Å². The van der Waals surface area contributed by atoms with Crippen LogP contribution >= 0.6 is 0 Å². The summed E-state index contributed by atoms with van der Waals surface area (Å²) in [6, 6.07) is 12.6. The number of carbonyl (C=O) groups is 5. The molecule has 0 saturated carbocycles. The van der Waals surface area contributed by atoms with E-state index in [0.29, 0.717) is 5.56 Å². The second-order valence-electron chi connectivity index (χ2n) is 9.03. The standard InChI is InChI=1S/C27H31N5O7/c28-19(13-17-14-29-20-9-5-4-8-18(17)20)25(36)30-15-23(33)31-21(10-11-24(34)35)26(37)32-22(27(38)39)12-16-6-2-1-3-7-16/h1-9,14,19,21-22,29H,10-13,15,28H2,(H,30,36)(H,31,33)(H,32,37)(H,34,35)(H,38,39). The van der Waals surface area contributed by atoms with Crippen LogP contribution in [0.25, 0.3) is 10.9 Å². The molecule has 0 spiro atoms. The molecule has 39 heavy (non-hydrogen) atoms. The third kappa shape index (κ3) is 8.68. The first-order chi connectivity index (χ1) is 18.6. The summed E-state index contributed by atoms with van der Waals surface area (Å²) in [6.07, 6.45) is 1.25. The van der Waals surface area contributed by atoms with Gasteiger partial charge in [-0.3, -0.25) is 19.2 Å². The molecule has 3 amide bonds. The zero-order valence-electron chi connectivity index (χ0n) is 21.1. The van der Waals surface area contributed by atoms with Crippen LogP contribution in [0, 0.1) is 0 Å². The van der Waals surface area contributed by atoms with E-state index in [9.17, 15) is 29.1 Å². The lowest BCUT2D eigenvalue weighted by molar-refractivity contribution is -0.143. The minimum Gasteiger partial charge on any atom is -0.481 e. The van der Waals surface area contributed by atoms with E-state index in [-0.39, 0.29) is 19.3 Å². The Morgan fingerprint density at radius 1 is 0.846 bits per heavy atom. The molecule has 3 rings (SSSR count). The number of hydrogen-bond acceptors (Lipinski definition) is 6. The predicted molar refractivity (Wildman–Crippen MR) is 142 cm³/mol. The van der Waals surface area contributed by atoms with Crippen molar-refractivity contribution in [1.29, 1.82) is 0 Å². The summed E-state index contributed by atoms with van der Waals surface area (Å²) in [6.45, 7) is -0.510. The number of fused-ring (bicyclic) bond motifs is 1. The fraction of sp³-hybridized carbons (Fsp3) is 0.296. The summed E-state index contributed by atoms with van der Waals surface area (Å²) in [5, 5.41) is 26.7. The largest absolute Gasteiger partial charge is 0.481 e. The van der Waals surface area contributed by atoms with E-state index in [1.54, 1.807) is 36.5 Å². The van der Waals surface area contributed by atoms with Crippen molar-refractivity contribution in [3.8, 4) is 0 Å². The zero-order valence-corrected chi connectivity index (χ0v) is 21.1. The van der Waals surface area contributed by atoms with E-state index in [0.717, 1.165) is 16.5 Å². The Labute approximate surface area is 224 Å². The summed E-state index contributed by atoms with van der Waals surface area (Å²) < 4.78 is 0. The summed E-state index contributed by atoms with van der Waals surface area (Å²) in [5.41, 5.74) is 8.43. The molecule has 0 saturated heterocycles. The molecule has 12 heteroatoms. The minimum absolute atomic E-state index is 0.00805. The molecular weight excluding hydrogens is 506 g/mol. The third-order valence-electron chi connectivity index (χ3n) is 6.07. The maximum absolute atomic E-state index is 12.8. The molecule has 2 aromatic carbocycles. The Bertz CT molecular complexity index is 1320. The van der Waals surface area contributed by atoms with Crippen LogP contribution in [0.1, 0.15) is 24.0 Å². The van der Waals surface area contributed by atoms with Crippen LogP contribution < -0.4 is 21.7 Å². The number of rotatable bonds is 14. The molecule has 0 radical (unpaired) electrons. The van der Waals surface area contributed by atoms with Gasteiger partial charge in [0, 0.05) is 29.9 Å². The summed E-state index contributed by atoms with van der Waals surface area (Å²) in [7, 11) is 0. The van der Waals surface area contributed by atoms with Crippen molar-refractivity contribution in [3.63, 3.8) is 0 Å². The van der Waals surface area contributed by atoms with Crippen LogP contribution in [-0.4, -0.2) is 69.5 Å². The molecule has 1 aromatic heterocycles. The maximum Gasteiger partial charge on any atom is 0.326 e. The summed E-state index contributed by atoms with van der Waals surface area (Å²) in [5.74, 6) is -4.68. The quantitative estimate of drug-likeness (QED) is 0.152. The van der Waals surface area contributed by atoms with Gasteiger partial charge in [-0.2, -0.15) is 0 Å². The Morgan fingerprint density at radius 2 is 1.54 bits per heavy atom. The monoisotopic (exact) mass is 537 g/mol. The lowest BCUT2D eigenvalue weighted by Gasteiger charge is -2.21. The van der Waals surface area contributed by atoms with Gasteiger partial charge >= 0.3 is 11.9 Å². The third-order valence-corrected chi connectivity index (χ3v) is 6.07. The van der Waals surface area contributed by atoms with Crippen LogP contribution in [0.3, 0.4) is 0 Å². The van der Waals surface area contributed by atoms with Crippen molar-refractivity contribution in [3.05, 3.63) is 71.9 Å². The number of aromatic nitrogens is 1. The average Bonchev–Trinajstić information content (AvgIpc) is 3.32. The van der Waals surface area contributed by atoms with E-state index < -0.39 is 60.8 Å². The number of benzene rings is 2. The molecule has 12 nitrogen and oxygen atoms in total. The van der Waals surface area contributed by atoms with Crippen molar-refractivity contribution in [2.24, 2.45) is 5.73 Å². The topological polar surface area (TPSA) is 204 Å². The van der Waals surface area contributed by atoms with E-state index in [1.807, 2.05) is 24.3 Å². The molecule has 0 bridgehead atoms. The second-order valence-corrected chi connectivity index (χ2v) is 9.03.